The van der Waals surface area contributed by atoms with Crippen LogP contribution in [-0.4, -0.2) is 12.1 Å². The monoisotopic (exact) mass is 241 g/mol. The first-order chi connectivity index (χ1) is 7.50. The van der Waals surface area contributed by atoms with Gasteiger partial charge in [-0.3, -0.25) is 0 Å². The highest BCUT2D eigenvalue weighted by Crippen LogP contribution is 2.24. The molecule has 1 N–H and O–H groups in total. The molecule has 0 aliphatic carbocycles. The van der Waals surface area contributed by atoms with Crippen molar-refractivity contribution in [1.82, 2.24) is 5.32 Å². The van der Waals surface area contributed by atoms with Crippen LogP contribution in [0.4, 0.5) is 4.79 Å². The van der Waals surface area contributed by atoms with Gasteiger partial charge in [-0.1, -0.05) is 29.8 Å². The second kappa shape index (κ2) is 5.75. The molecule has 1 aromatic rings. The fraction of sp³-hybridized carbons (Fsp3) is 0.417. The Labute approximate surface area is 101 Å². The van der Waals surface area contributed by atoms with Crippen LogP contribution >= 0.6 is 11.6 Å². The molecule has 1 unspecified atom stereocenters. The van der Waals surface area contributed by atoms with Crippen molar-refractivity contribution in [3.8, 4) is 0 Å². The largest absolute Gasteiger partial charge is 0.442 e. The van der Waals surface area contributed by atoms with Crippen molar-refractivity contribution < 1.29 is 9.53 Å². The minimum Gasteiger partial charge on any atom is -0.442 e. The molecule has 0 fully saturated rings. The van der Waals surface area contributed by atoms with E-state index in [0.29, 0.717) is 5.02 Å². The summed E-state index contributed by atoms with van der Waals surface area (Å²) < 4.78 is 5.19. The van der Waals surface area contributed by atoms with E-state index in [1.165, 1.54) is 0 Å². The lowest BCUT2D eigenvalue weighted by molar-refractivity contribution is 0.105. The van der Waals surface area contributed by atoms with Crippen LogP contribution in [0, 0.1) is 0 Å². The zero-order chi connectivity index (χ0) is 12.1. The molecule has 3 nitrogen and oxygen atoms in total. The van der Waals surface area contributed by atoms with E-state index in [2.05, 4.69) is 5.32 Å². The predicted octanol–water partition coefficient (Wildman–Crippen LogP) is 3.54. The van der Waals surface area contributed by atoms with Crippen molar-refractivity contribution in [3.05, 3.63) is 34.9 Å². The number of halogens is 1. The van der Waals surface area contributed by atoms with Crippen LogP contribution < -0.4 is 5.32 Å². The van der Waals surface area contributed by atoms with Gasteiger partial charge in [-0.25, -0.2) is 4.79 Å². The van der Waals surface area contributed by atoms with Crippen molar-refractivity contribution in [1.29, 1.82) is 0 Å². The Morgan fingerprint density at radius 2 is 1.94 bits per heavy atom. The lowest BCUT2D eigenvalue weighted by Crippen LogP contribution is -2.31. The first kappa shape index (κ1) is 12.8. The molecule has 0 saturated heterocycles. The van der Waals surface area contributed by atoms with Gasteiger partial charge in [0, 0.05) is 16.6 Å². The third-order valence-corrected chi connectivity index (χ3v) is 2.38. The molecule has 0 aliphatic rings. The van der Waals surface area contributed by atoms with Gasteiger partial charge in [-0.05, 0) is 26.8 Å². The maximum Gasteiger partial charge on any atom is 0.407 e. The molecule has 0 aliphatic heterocycles. The first-order valence-corrected chi connectivity index (χ1v) is 5.60. The third kappa shape index (κ3) is 3.74. The highest BCUT2D eigenvalue weighted by Gasteiger charge is 2.14. The van der Waals surface area contributed by atoms with E-state index in [1.54, 1.807) is 13.0 Å². The minimum absolute atomic E-state index is 0.0611. The van der Waals surface area contributed by atoms with Crippen LogP contribution in [0.15, 0.2) is 24.3 Å². The number of hydrogen-bond donors (Lipinski definition) is 1. The molecule has 88 valence electrons. The maximum atomic E-state index is 11.4. The van der Waals surface area contributed by atoms with E-state index in [-0.39, 0.29) is 12.1 Å². The van der Waals surface area contributed by atoms with Crippen molar-refractivity contribution in [2.45, 2.75) is 32.9 Å². The minimum atomic E-state index is -0.428. The Morgan fingerprint density at radius 3 is 2.50 bits per heavy atom. The number of hydrogen-bond acceptors (Lipinski definition) is 2. The van der Waals surface area contributed by atoms with Gasteiger partial charge < -0.3 is 10.1 Å². The molecule has 0 radical (unpaired) electrons. The fourth-order valence-corrected chi connectivity index (χ4v) is 1.59. The van der Waals surface area contributed by atoms with Crippen LogP contribution in [0.5, 0.6) is 0 Å². The molecular weight excluding hydrogens is 226 g/mol. The van der Waals surface area contributed by atoms with E-state index < -0.39 is 6.09 Å². The molecule has 16 heavy (non-hydrogen) atoms. The number of rotatable bonds is 3. The van der Waals surface area contributed by atoms with Gasteiger partial charge in [0.1, 0.15) is 6.10 Å². The Bertz CT molecular complexity index is 366. The van der Waals surface area contributed by atoms with Gasteiger partial charge in [0.05, 0.1) is 0 Å². The average Bonchev–Trinajstić information content (AvgIpc) is 2.16. The Hall–Kier alpha value is -1.22. The lowest BCUT2D eigenvalue weighted by atomic mass is 10.1. The summed E-state index contributed by atoms with van der Waals surface area (Å²) in [7, 11) is 0. The van der Waals surface area contributed by atoms with Crippen molar-refractivity contribution in [3.63, 3.8) is 0 Å². The number of carbonyl (C=O) groups excluding carboxylic acids is 1. The van der Waals surface area contributed by atoms with Crippen molar-refractivity contribution >= 4 is 17.7 Å². The van der Waals surface area contributed by atoms with Crippen molar-refractivity contribution in [2.75, 3.05) is 0 Å². The van der Waals surface area contributed by atoms with Crippen LogP contribution in [0.2, 0.25) is 5.02 Å². The number of carbonyl (C=O) groups is 1. The molecule has 1 aromatic carbocycles. The second-order valence-corrected chi connectivity index (χ2v) is 4.28. The molecule has 0 aromatic heterocycles. The summed E-state index contributed by atoms with van der Waals surface area (Å²) in [6.07, 6.45) is -0.783. The summed E-state index contributed by atoms with van der Waals surface area (Å²) in [6, 6.07) is 7.38. The number of benzene rings is 1. The van der Waals surface area contributed by atoms with E-state index in [1.807, 2.05) is 32.0 Å². The van der Waals surface area contributed by atoms with Gasteiger partial charge in [0.2, 0.25) is 0 Å². The quantitative estimate of drug-likeness (QED) is 0.879. The summed E-state index contributed by atoms with van der Waals surface area (Å²) in [4.78, 5) is 11.4. The average molecular weight is 242 g/mol. The number of nitrogens with one attached hydrogen (secondary N) is 1. The topological polar surface area (TPSA) is 38.3 Å². The summed E-state index contributed by atoms with van der Waals surface area (Å²) in [6.45, 7) is 5.55. The zero-order valence-corrected chi connectivity index (χ0v) is 10.4. The number of amides is 1. The molecule has 0 heterocycles. The SMILES string of the molecule is CC(C)NC(=O)OC(C)c1ccccc1Cl. The van der Waals surface area contributed by atoms with E-state index >= 15 is 0 Å². The maximum absolute atomic E-state index is 11.4. The van der Waals surface area contributed by atoms with Gasteiger partial charge >= 0.3 is 6.09 Å². The summed E-state index contributed by atoms with van der Waals surface area (Å²) in [5, 5.41) is 3.26. The Balaban J connectivity index is 2.62. The van der Waals surface area contributed by atoms with Gasteiger partial charge in [0.25, 0.3) is 0 Å². The lowest BCUT2D eigenvalue weighted by Gasteiger charge is -2.16. The normalized spacial score (nSPS) is 12.3. The van der Waals surface area contributed by atoms with Crippen LogP contribution in [0.3, 0.4) is 0 Å². The van der Waals surface area contributed by atoms with E-state index in [0.717, 1.165) is 5.56 Å². The standard InChI is InChI=1S/C12H16ClNO2/c1-8(2)14-12(15)16-9(3)10-6-4-5-7-11(10)13/h4-9H,1-3H3,(H,14,15). The van der Waals surface area contributed by atoms with Crippen molar-refractivity contribution in [2.24, 2.45) is 0 Å². The third-order valence-electron chi connectivity index (χ3n) is 2.03. The summed E-state index contributed by atoms with van der Waals surface area (Å²) in [5.74, 6) is 0. The molecule has 0 spiro atoms. The molecule has 1 amide bonds. The molecule has 1 atom stereocenters. The predicted molar refractivity (Wildman–Crippen MR) is 64.6 cm³/mol. The second-order valence-electron chi connectivity index (χ2n) is 3.87. The van der Waals surface area contributed by atoms with Gasteiger partial charge in [-0.2, -0.15) is 0 Å². The molecule has 0 bridgehead atoms. The van der Waals surface area contributed by atoms with Gasteiger partial charge in [-0.15, -0.1) is 0 Å². The highest BCUT2D eigenvalue weighted by atomic mass is 35.5. The molecular formula is C12H16ClNO2. The van der Waals surface area contributed by atoms with Crippen LogP contribution in [0.25, 0.3) is 0 Å². The van der Waals surface area contributed by atoms with E-state index in [9.17, 15) is 4.79 Å². The first-order valence-electron chi connectivity index (χ1n) is 5.22. The fourth-order valence-electron chi connectivity index (χ4n) is 1.30. The zero-order valence-electron chi connectivity index (χ0n) is 9.66. The molecule has 1 rings (SSSR count). The summed E-state index contributed by atoms with van der Waals surface area (Å²) in [5.41, 5.74) is 0.808. The van der Waals surface area contributed by atoms with Crippen LogP contribution in [0.1, 0.15) is 32.4 Å². The van der Waals surface area contributed by atoms with E-state index in [4.69, 9.17) is 16.3 Å². The Kier molecular flexibility index (Phi) is 4.62. The summed E-state index contributed by atoms with van der Waals surface area (Å²) >= 11 is 6.00. The number of ether oxygens (including phenoxy) is 1. The molecule has 4 heteroatoms. The van der Waals surface area contributed by atoms with Gasteiger partial charge in [0.15, 0.2) is 0 Å². The number of alkyl carbamates (subject to hydrolysis) is 1. The smallest absolute Gasteiger partial charge is 0.407 e. The highest BCUT2D eigenvalue weighted by molar-refractivity contribution is 6.31. The van der Waals surface area contributed by atoms with Crippen LogP contribution in [-0.2, 0) is 4.74 Å². The Morgan fingerprint density at radius 1 is 1.31 bits per heavy atom. The molecule has 0 saturated carbocycles.